The lowest BCUT2D eigenvalue weighted by molar-refractivity contribution is 0.289. The second kappa shape index (κ2) is 9.70. The van der Waals surface area contributed by atoms with Gasteiger partial charge in [-0.15, -0.1) is 0 Å². The van der Waals surface area contributed by atoms with Gasteiger partial charge in [-0.3, -0.25) is 0 Å². The zero-order valence-corrected chi connectivity index (χ0v) is 11.6. The number of rotatable bonds is 7. The molecule has 0 bridgehead atoms. The molecule has 0 heterocycles. The van der Waals surface area contributed by atoms with Crippen LogP contribution in [0.15, 0.2) is 30.3 Å². The first-order valence-corrected chi connectivity index (χ1v) is 6.83. The lowest BCUT2D eigenvalue weighted by Gasteiger charge is -2.19. The first-order chi connectivity index (χ1) is 8.86. The van der Waals surface area contributed by atoms with E-state index in [0.717, 1.165) is 31.7 Å². The second-order valence-electron chi connectivity index (χ2n) is 4.28. The molecular weight excluding hydrogens is 220 g/mol. The molecule has 0 aromatic heterocycles. The van der Waals surface area contributed by atoms with Gasteiger partial charge in [-0.2, -0.15) is 0 Å². The Kier molecular flexibility index (Phi) is 7.96. The summed E-state index contributed by atoms with van der Waals surface area (Å²) in [7, 11) is 0. The third-order valence-electron chi connectivity index (χ3n) is 2.81. The van der Waals surface area contributed by atoms with Crippen LogP contribution < -0.4 is 5.32 Å². The van der Waals surface area contributed by atoms with Crippen LogP contribution in [0, 0.1) is 11.8 Å². The monoisotopic (exact) mass is 244 g/mol. The van der Waals surface area contributed by atoms with Gasteiger partial charge in [0.05, 0.1) is 6.54 Å². The average Bonchev–Trinajstić information content (AvgIpc) is 2.42. The van der Waals surface area contributed by atoms with Crippen LogP contribution in [0.5, 0.6) is 0 Å². The minimum absolute atomic E-state index is 0.762. The van der Waals surface area contributed by atoms with Gasteiger partial charge in [-0.25, -0.2) is 0 Å². The molecule has 1 N–H and O–H groups in total. The number of hydrogen-bond donors (Lipinski definition) is 1. The van der Waals surface area contributed by atoms with Crippen molar-refractivity contribution in [3.05, 3.63) is 35.9 Å². The number of likely N-dealkylation sites (N-methyl/N-ethyl adjacent to an activating group) is 1. The van der Waals surface area contributed by atoms with E-state index in [1.54, 1.807) is 0 Å². The van der Waals surface area contributed by atoms with Gasteiger partial charge in [0.2, 0.25) is 0 Å². The van der Waals surface area contributed by atoms with Crippen LogP contribution in [-0.4, -0.2) is 37.6 Å². The second-order valence-corrected chi connectivity index (χ2v) is 4.28. The molecule has 1 aromatic rings. The molecule has 0 aliphatic carbocycles. The maximum absolute atomic E-state index is 3.36. The summed E-state index contributed by atoms with van der Waals surface area (Å²) in [5.74, 6) is 6.29. The van der Waals surface area contributed by atoms with Gasteiger partial charge in [0.1, 0.15) is 0 Å². The Morgan fingerprint density at radius 1 is 1.11 bits per heavy atom. The lowest BCUT2D eigenvalue weighted by Crippen LogP contribution is -2.32. The number of nitrogens with zero attached hydrogens (tertiary/aromatic N) is 1. The Hall–Kier alpha value is -1.30. The molecule has 0 saturated carbocycles. The molecule has 1 rings (SSSR count). The Morgan fingerprint density at radius 2 is 1.89 bits per heavy atom. The molecule has 0 atom stereocenters. The Balaban J connectivity index is 2.14. The summed E-state index contributed by atoms with van der Waals surface area (Å²) < 4.78 is 0. The summed E-state index contributed by atoms with van der Waals surface area (Å²) in [4.78, 5) is 2.46. The van der Waals surface area contributed by atoms with E-state index in [2.05, 4.69) is 35.9 Å². The zero-order chi connectivity index (χ0) is 13.1. The average molecular weight is 244 g/mol. The van der Waals surface area contributed by atoms with E-state index in [1.807, 2.05) is 30.3 Å². The van der Waals surface area contributed by atoms with Gasteiger partial charge < -0.3 is 10.2 Å². The highest BCUT2D eigenvalue weighted by Gasteiger charge is 1.98. The van der Waals surface area contributed by atoms with Gasteiger partial charge >= 0.3 is 0 Å². The molecule has 0 aliphatic rings. The number of hydrogen-bond acceptors (Lipinski definition) is 2. The molecule has 0 saturated heterocycles. The van der Waals surface area contributed by atoms with E-state index in [-0.39, 0.29) is 0 Å². The maximum atomic E-state index is 3.36. The fourth-order valence-electron chi connectivity index (χ4n) is 1.80. The number of nitrogens with one attached hydrogen (secondary N) is 1. The standard InChI is InChI=1S/C16H24N2/c1-3-14-18(4-2)15-13-17-12-8-11-16-9-6-5-7-10-16/h5-7,9-10,17H,3-4,12-15H2,1-2H3. The van der Waals surface area contributed by atoms with E-state index in [0.29, 0.717) is 0 Å². The van der Waals surface area contributed by atoms with E-state index in [9.17, 15) is 0 Å². The van der Waals surface area contributed by atoms with Crippen molar-refractivity contribution in [1.82, 2.24) is 10.2 Å². The van der Waals surface area contributed by atoms with Gasteiger partial charge in [0, 0.05) is 18.7 Å². The predicted octanol–water partition coefficient (Wildman–Crippen LogP) is 2.36. The summed E-state index contributed by atoms with van der Waals surface area (Å²) in [5.41, 5.74) is 1.08. The smallest absolute Gasteiger partial charge is 0.0580 e. The van der Waals surface area contributed by atoms with Gasteiger partial charge in [-0.05, 0) is 31.6 Å². The first-order valence-electron chi connectivity index (χ1n) is 6.83. The van der Waals surface area contributed by atoms with Crippen molar-refractivity contribution in [2.24, 2.45) is 0 Å². The topological polar surface area (TPSA) is 15.3 Å². The van der Waals surface area contributed by atoms with Crippen LogP contribution in [-0.2, 0) is 0 Å². The number of benzene rings is 1. The molecule has 0 radical (unpaired) electrons. The molecule has 18 heavy (non-hydrogen) atoms. The molecule has 98 valence electrons. The minimum Gasteiger partial charge on any atom is -0.305 e. The van der Waals surface area contributed by atoms with Gasteiger partial charge in [0.15, 0.2) is 0 Å². The normalized spacial score (nSPS) is 10.2. The summed E-state index contributed by atoms with van der Waals surface area (Å²) in [6.45, 7) is 9.64. The van der Waals surface area contributed by atoms with Gasteiger partial charge in [-0.1, -0.05) is 43.9 Å². The fourth-order valence-corrected chi connectivity index (χ4v) is 1.80. The van der Waals surface area contributed by atoms with Crippen molar-refractivity contribution in [2.45, 2.75) is 20.3 Å². The Morgan fingerprint density at radius 3 is 2.56 bits per heavy atom. The fraction of sp³-hybridized carbons (Fsp3) is 0.500. The largest absolute Gasteiger partial charge is 0.305 e. The van der Waals surface area contributed by atoms with Crippen molar-refractivity contribution in [2.75, 3.05) is 32.7 Å². The third-order valence-corrected chi connectivity index (χ3v) is 2.81. The first kappa shape index (κ1) is 14.8. The van der Waals surface area contributed by atoms with Crippen LogP contribution in [0.4, 0.5) is 0 Å². The van der Waals surface area contributed by atoms with E-state index in [4.69, 9.17) is 0 Å². The minimum atomic E-state index is 0.762. The molecule has 0 spiro atoms. The highest BCUT2D eigenvalue weighted by molar-refractivity contribution is 5.33. The highest BCUT2D eigenvalue weighted by Crippen LogP contribution is 1.94. The summed E-state index contributed by atoms with van der Waals surface area (Å²) in [5, 5.41) is 3.36. The van der Waals surface area contributed by atoms with E-state index >= 15 is 0 Å². The van der Waals surface area contributed by atoms with Crippen LogP contribution in [0.25, 0.3) is 0 Å². The SMILES string of the molecule is CCCN(CC)CCNCC#Cc1ccccc1. The van der Waals surface area contributed by atoms with E-state index in [1.165, 1.54) is 13.0 Å². The van der Waals surface area contributed by atoms with Crippen molar-refractivity contribution in [1.29, 1.82) is 0 Å². The van der Waals surface area contributed by atoms with Crippen LogP contribution in [0.3, 0.4) is 0 Å². The quantitative estimate of drug-likeness (QED) is 0.585. The van der Waals surface area contributed by atoms with E-state index < -0.39 is 0 Å². The summed E-state index contributed by atoms with van der Waals surface area (Å²) in [6, 6.07) is 10.1. The lowest BCUT2D eigenvalue weighted by atomic mass is 10.2. The molecule has 1 aromatic carbocycles. The van der Waals surface area contributed by atoms with Crippen molar-refractivity contribution in [3.8, 4) is 11.8 Å². The molecule has 0 amide bonds. The van der Waals surface area contributed by atoms with Crippen molar-refractivity contribution >= 4 is 0 Å². The highest BCUT2D eigenvalue weighted by atomic mass is 15.1. The molecule has 2 heteroatoms. The van der Waals surface area contributed by atoms with Crippen LogP contribution in [0.2, 0.25) is 0 Å². The molecular formula is C16H24N2. The predicted molar refractivity (Wildman–Crippen MR) is 78.6 cm³/mol. The summed E-state index contributed by atoms with van der Waals surface area (Å²) >= 11 is 0. The molecule has 0 unspecified atom stereocenters. The molecule has 0 fully saturated rings. The maximum Gasteiger partial charge on any atom is 0.0580 e. The van der Waals surface area contributed by atoms with Crippen molar-refractivity contribution in [3.63, 3.8) is 0 Å². The Labute approximate surface area is 111 Å². The van der Waals surface area contributed by atoms with Crippen LogP contribution in [0.1, 0.15) is 25.8 Å². The Bertz CT molecular complexity index is 362. The third kappa shape index (κ3) is 6.44. The zero-order valence-electron chi connectivity index (χ0n) is 11.6. The summed E-state index contributed by atoms with van der Waals surface area (Å²) in [6.07, 6.45) is 1.22. The van der Waals surface area contributed by atoms with Crippen LogP contribution >= 0.6 is 0 Å². The molecule has 0 aliphatic heterocycles. The van der Waals surface area contributed by atoms with Gasteiger partial charge in [0.25, 0.3) is 0 Å². The van der Waals surface area contributed by atoms with Crippen molar-refractivity contribution < 1.29 is 0 Å². The molecule has 2 nitrogen and oxygen atoms in total.